The number of aryl methyl sites for hydroxylation is 1. The molecule has 23 heavy (non-hydrogen) atoms. The number of carbonyl (C=O) groups is 2. The number of amides is 2. The summed E-state index contributed by atoms with van der Waals surface area (Å²) in [7, 11) is 0. The Morgan fingerprint density at radius 1 is 1.43 bits per heavy atom. The molecule has 1 aliphatic heterocycles. The number of nitrogens with one attached hydrogen (secondary N) is 2. The summed E-state index contributed by atoms with van der Waals surface area (Å²) in [4.78, 5) is 32.7. The minimum Gasteiger partial charge on any atom is -0.351 e. The zero-order valence-electron chi connectivity index (χ0n) is 12.5. The maximum Gasteiger partial charge on any atom is 0.229 e. The average molecular weight is 333 g/mol. The van der Waals surface area contributed by atoms with Crippen LogP contribution < -0.4 is 10.2 Å². The molecule has 120 valence electrons. The highest BCUT2D eigenvalue weighted by atomic mass is 35.5. The van der Waals surface area contributed by atoms with Crippen LogP contribution in [0.5, 0.6) is 0 Å². The summed E-state index contributed by atoms with van der Waals surface area (Å²) >= 11 is 6.14. The largest absolute Gasteiger partial charge is 0.351 e. The highest BCUT2D eigenvalue weighted by Gasteiger charge is 2.32. The number of rotatable bonds is 5. The van der Waals surface area contributed by atoms with E-state index < -0.39 is 0 Å². The molecular weight excluding hydrogens is 316 g/mol. The van der Waals surface area contributed by atoms with Gasteiger partial charge in [-0.05, 0) is 18.6 Å². The second-order valence-corrected chi connectivity index (χ2v) is 5.91. The lowest BCUT2D eigenvalue weighted by atomic mass is 10.2. The van der Waals surface area contributed by atoms with E-state index in [4.69, 9.17) is 11.6 Å². The Bertz CT molecular complexity index is 702. The number of para-hydroxylation sites is 1. The van der Waals surface area contributed by atoms with Crippen LogP contribution in [0.2, 0.25) is 5.02 Å². The first kappa shape index (κ1) is 15.6. The molecule has 2 aromatic rings. The van der Waals surface area contributed by atoms with Crippen LogP contribution in [0.3, 0.4) is 0 Å². The zero-order chi connectivity index (χ0) is 16.2. The average Bonchev–Trinajstić information content (AvgIpc) is 3.16. The van der Waals surface area contributed by atoms with Crippen molar-refractivity contribution in [2.45, 2.75) is 25.3 Å². The maximum atomic E-state index is 12.2. The van der Waals surface area contributed by atoms with Gasteiger partial charge in [0.25, 0.3) is 0 Å². The molecule has 3 rings (SSSR count). The van der Waals surface area contributed by atoms with Gasteiger partial charge in [-0.25, -0.2) is 4.98 Å². The summed E-state index contributed by atoms with van der Waals surface area (Å²) in [5.74, 6) is -0.102. The standard InChI is InChI=1S/C16H17ClN4O2/c17-13-3-1-2-4-14(13)21-9-12(7-16(21)23)20-15(22)6-5-11-8-18-10-19-11/h1-4,8,10,12H,5-7,9H2,(H,18,19)(H,20,22). The Morgan fingerprint density at radius 2 is 2.26 bits per heavy atom. The highest BCUT2D eigenvalue weighted by molar-refractivity contribution is 6.33. The molecule has 0 saturated carbocycles. The molecule has 1 aromatic heterocycles. The number of halogens is 1. The van der Waals surface area contributed by atoms with E-state index in [1.54, 1.807) is 23.5 Å². The molecule has 7 heteroatoms. The van der Waals surface area contributed by atoms with Gasteiger partial charge < -0.3 is 15.2 Å². The smallest absolute Gasteiger partial charge is 0.229 e. The second kappa shape index (κ2) is 6.83. The van der Waals surface area contributed by atoms with Crippen molar-refractivity contribution in [1.29, 1.82) is 0 Å². The highest BCUT2D eigenvalue weighted by Crippen LogP contribution is 2.28. The molecule has 0 spiro atoms. The van der Waals surface area contributed by atoms with Crippen molar-refractivity contribution >= 4 is 29.1 Å². The van der Waals surface area contributed by atoms with Crippen LogP contribution in [0.1, 0.15) is 18.5 Å². The summed E-state index contributed by atoms with van der Waals surface area (Å²) in [5, 5.41) is 3.45. The molecule has 1 atom stereocenters. The summed E-state index contributed by atoms with van der Waals surface area (Å²) < 4.78 is 0. The lowest BCUT2D eigenvalue weighted by Crippen LogP contribution is -2.37. The normalized spacial score (nSPS) is 17.5. The number of imidazole rings is 1. The van der Waals surface area contributed by atoms with Crippen molar-refractivity contribution < 1.29 is 9.59 Å². The van der Waals surface area contributed by atoms with E-state index in [1.165, 1.54) is 0 Å². The van der Waals surface area contributed by atoms with Gasteiger partial charge in [-0.15, -0.1) is 0 Å². The van der Waals surface area contributed by atoms with Crippen molar-refractivity contribution in [3.05, 3.63) is 47.5 Å². The molecule has 1 fully saturated rings. The van der Waals surface area contributed by atoms with Gasteiger partial charge in [0.05, 0.1) is 23.1 Å². The van der Waals surface area contributed by atoms with Crippen LogP contribution >= 0.6 is 11.6 Å². The van der Waals surface area contributed by atoms with Gasteiger partial charge in [0.2, 0.25) is 11.8 Å². The van der Waals surface area contributed by atoms with Crippen molar-refractivity contribution in [3.63, 3.8) is 0 Å². The predicted molar refractivity (Wildman–Crippen MR) is 87.3 cm³/mol. The van der Waals surface area contributed by atoms with E-state index in [1.807, 2.05) is 18.2 Å². The number of nitrogens with zero attached hydrogens (tertiary/aromatic N) is 2. The van der Waals surface area contributed by atoms with Gasteiger partial charge in [-0.3, -0.25) is 9.59 Å². The van der Waals surface area contributed by atoms with Gasteiger partial charge in [0.1, 0.15) is 0 Å². The number of aromatic nitrogens is 2. The minimum absolute atomic E-state index is 0.0306. The summed E-state index contributed by atoms with van der Waals surface area (Å²) in [6.07, 6.45) is 4.54. The van der Waals surface area contributed by atoms with E-state index in [0.29, 0.717) is 36.5 Å². The van der Waals surface area contributed by atoms with Crippen LogP contribution in [0.4, 0.5) is 5.69 Å². The number of carbonyl (C=O) groups excluding carboxylic acids is 2. The van der Waals surface area contributed by atoms with Crippen molar-refractivity contribution in [2.75, 3.05) is 11.4 Å². The topological polar surface area (TPSA) is 78.1 Å². The van der Waals surface area contributed by atoms with Gasteiger partial charge >= 0.3 is 0 Å². The number of anilines is 1. The lowest BCUT2D eigenvalue weighted by Gasteiger charge is -2.18. The Morgan fingerprint density at radius 3 is 3.00 bits per heavy atom. The quantitative estimate of drug-likeness (QED) is 0.878. The third-order valence-corrected chi connectivity index (χ3v) is 4.13. The number of hydrogen-bond acceptors (Lipinski definition) is 3. The van der Waals surface area contributed by atoms with Crippen LogP contribution in [0.15, 0.2) is 36.8 Å². The summed E-state index contributed by atoms with van der Waals surface area (Å²) in [5.41, 5.74) is 1.61. The monoisotopic (exact) mass is 332 g/mol. The molecule has 6 nitrogen and oxygen atoms in total. The van der Waals surface area contributed by atoms with Crippen molar-refractivity contribution in [3.8, 4) is 0 Å². The van der Waals surface area contributed by atoms with E-state index in [9.17, 15) is 9.59 Å². The number of benzene rings is 1. The Hall–Kier alpha value is -2.34. The minimum atomic E-state index is -0.187. The van der Waals surface area contributed by atoms with Crippen molar-refractivity contribution in [1.82, 2.24) is 15.3 Å². The van der Waals surface area contributed by atoms with E-state index in [-0.39, 0.29) is 17.9 Å². The van der Waals surface area contributed by atoms with Gasteiger partial charge in [-0.2, -0.15) is 0 Å². The fourth-order valence-electron chi connectivity index (χ4n) is 2.68. The Balaban J connectivity index is 1.55. The number of H-pyrrole nitrogens is 1. The fraction of sp³-hybridized carbons (Fsp3) is 0.312. The van der Waals surface area contributed by atoms with Crippen LogP contribution in [0.25, 0.3) is 0 Å². The van der Waals surface area contributed by atoms with Gasteiger partial charge in [0.15, 0.2) is 0 Å². The Labute approximate surface area is 138 Å². The lowest BCUT2D eigenvalue weighted by molar-refractivity contribution is -0.121. The van der Waals surface area contributed by atoms with Gasteiger partial charge in [0, 0.05) is 31.3 Å². The van der Waals surface area contributed by atoms with E-state index in [0.717, 1.165) is 5.69 Å². The first-order valence-electron chi connectivity index (χ1n) is 7.45. The number of aromatic amines is 1. The fourth-order valence-corrected chi connectivity index (χ4v) is 2.91. The molecule has 1 saturated heterocycles. The predicted octanol–water partition coefficient (Wildman–Crippen LogP) is 1.92. The molecule has 2 heterocycles. The molecule has 0 bridgehead atoms. The molecule has 1 unspecified atom stereocenters. The van der Waals surface area contributed by atoms with Crippen LogP contribution in [-0.4, -0.2) is 34.4 Å². The molecule has 1 aliphatic rings. The van der Waals surface area contributed by atoms with Gasteiger partial charge in [-0.1, -0.05) is 23.7 Å². The molecule has 1 aromatic carbocycles. The first-order chi connectivity index (χ1) is 11.1. The zero-order valence-corrected chi connectivity index (χ0v) is 13.2. The number of hydrogen-bond donors (Lipinski definition) is 2. The molecule has 2 amide bonds. The third kappa shape index (κ3) is 3.71. The third-order valence-electron chi connectivity index (χ3n) is 3.81. The summed E-state index contributed by atoms with van der Waals surface area (Å²) in [6.45, 7) is 0.443. The Kier molecular flexibility index (Phi) is 4.62. The maximum absolute atomic E-state index is 12.2. The van der Waals surface area contributed by atoms with E-state index in [2.05, 4.69) is 15.3 Å². The molecule has 2 N–H and O–H groups in total. The van der Waals surface area contributed by atoms with Crippen LogP contribution in [0, 0.1) is 0 Å². The molecule has 0 radical (unpaired) electrons. The molecular formula is C16H17ClN4O2. The van der Waals surface area contributed by atoms with Crippen molar-refractivity contribution in [2.24, 2.45) is 0 Å². The first-order valence-corrected chi connectivity index (χ1v) is 7.83. The summed E-state index contributed by atoms with van der Waals surface area (Å²) in [6, 6.07) is 7.03. The van der Waals surface area contributed by atoms with E-state index >= 15 is 0 Å². The van der Waals surface area contributed by atoms with Crippen LogP contribution in [-0.2, 0) is 16.0 Å². The second-order valence-electron chi connectivity index (χ2n) is 5.50. The SMILES string of the molecule is O=C(CCc1cnc[nH]1)NC1CC(=O)N(c2ccccc2Cl)C1. The molecule has 0 aliphatic carbocycles.